The Morgan fingerprint density at radius 1 is 0.788 bits per heavy atom. The molecular weight excluding hydrogens is 1190 g/mol. The minimum absolute atomic E-state index is 0. The average molecular weight is 1260 g/mol. The number of amides is 1. The van der Waals surface area contributed by atoms with E-state index in [-0.39, 0.29) is 59.4 Å². The molecule has 2 aromatic heterocycles. The predicted molar refractivity (Wildman–Crippen MR) is 314 cm³/mol. The van der Waals surface area contributed by atoms with E-state index in [2.05, 4.69) is 43.2 Å². The minimum Gasteiger partial charge on any atom is -0.480 e. The molecule has 3 saturated heterocycles. The number of carbonyl (C=O) groups excluding carboxylic acids is 2. The number of aliphatic carboxylic acids is 1. The molecule has 9 rings (SSSR count). The Kier molecular flexibility index (Phi) is 24.2. The van der Waals surface area contributed by atoms with E-state index >= 15 is 4.39 Å². The Labute approximate surface area is 497 Å². The van der Waals surface area contributed by atoms with Crippen molar-refractivity contribution < 1.29 is 74.7 Å². The molecule has 85 heavy (non-hydrogen) atoms. The fourth-order valence-corrected chi connectivity index (χ4v) is 10.4. The van der Waals surface area contributed by atoms with Crippen molar-refractivity contribution in [1.29, 1.82) is 0 Å². The summed E-state index contributed by atoms with van der Waals surface area (Å²) in [7, 11) is 2.59. The van der Waals surface area contributed by atoms with Crippen LogP contribution in [0.2, 0.25) is 0 Å². The number of nitrogens with one attached hydrogen (secondary N) is 2. The highest BCUT2D eigenvalue weighted by Crippen LogP contribution is 2.39. The number of halogens is 7. The molecule has 4 N–H and O–H groups in total. The number of aromatic carboxylic acids is 1. The summed E-state index contributed by atoms with van der Waals surface area (Å²) in [5.74, 6) is -6.28. The summed E-state index contributed by atoms with van der Waals surface area (Å²) in [5, 5.41) is 24.9. The van der Waals surface area contributed by atoms with E-state index in [0.29, 0.717) is 89.0 Å². The maximum atomic E-state index is 15.4. The van der Waals surface area contributed by atoms with Gasteiger partial charge in [0.25, 0.3) is 11.5 Å². The number of esters is 1. The molecule has 0 unspecified atom stereocenters. The quantitative estimate of drug-likeness (QED) is 0.0742. The summed E-state index contributed by atoms with van der Waals surface area (Å²) in [6, 6.07) is 14.7. The highest BCUT2D eigenvalue weighted by molar-refractivity contribution is 9.10. The number of rotatable bonds is 10. The Bertz CT molecular complexity index is 3380. The molecule has 460 valence electrons. The van der Waals surface area contributed by atoms with Crippen LogP contribution in [0, 0.1) is 45.1 Å². The zero-order chi connectivity index (χ0) is 61.9. The van der Waals surface area contributed by atoms with E-state index in [1.54, 1.807) is 45.0 Å². The monoisotopic (exact) mass is 1260 g/mol. The Hall–Kier alpha value is -7.38. The van der Waals surface area contributed by atoms with Gasteiger partial charge in [-0.05, 0) is 119 Å². The van der Waals surface area contributed by atoms with Crippen LogP contribution >= 0.6 is 15.9 Å². The van der Waals surface area contributed by atoms with Crippen molar-refractivity contribution >= 4 is 62.0 Å². The number of nitrogens with zero attached hydrogens (tertiary/aromatic N) is 4. The number of methoxy groups -OCH3 is 1. The van der Waals surface area contributed by atoms with Crippen molar-refractivity contribution in [3.05, 3.63) is 155 Å². The Morgan fingerprint density at radius 2 is 1.34 bits per heavy atom. The number of aryl methyl sites for hydroxylation is 4. The fraction of sp³-hybridized carbons (Fsp3) is 0.410. The molecule has 0 spiro atoms. The molecule has 3 aliphatic heterocycles. The molecule has 3 aliphatic rings. The first-order chi connectivity index (χ1) is 39.6. The van der Waals surface area contributed by atoms with Gasteiger partial charge in [0.1, 0.15) is 23.5 Å². The SMILES string of the molecule is C.COC(=O)c1c(C)cc(Br)cc1F.C[C@H]1COCCN1.Cc1cc(N2CCOC[C@@H]2C)cc(F)c1C(=O)N[C@@H](Cc1ccc(-c2c(C(F)(F)F)cc(C)n(C)c2=O)c2ncccc12)C(=O)O.Cc1cc(N2CCOC[C@@H]2C)cc(F)c1C(=O)O. The van der Waals surface area contributed by atoms with Gasteiger partial charge in [0.2, 0.25) is 0 Å². The lowest BCUT2D eigenvalue weighted by Gasteiger charge is -2.35. The van der Waals surface area contributed by atoms with Gasteiger partial charge in [0, 0.05) is 89.9 Å². The number of aromatic nitrogens is 2. The number of alkyl halides is 3. The topological polar surface area (TPSA) is 211 Å². The second-order valence-electron chi connectivity index (χ2n) is 20.5. The average Bonchev–Trinajstić information content (AvgIpc) is 3.61. The van der Waals surface area contributed by atoms with Gasteiger partial charge in [0.05, 0.1) is 80.1 Å². The molecule has 6 aromatic rings. The lowest BCUT2D eigenvalue weighted by molar-refractivity contribution is -0.139. The third kappa shape index (κ3) is 17.0. The van der Waals surface area contributed by atoms with Crippen molar-refractivity contribution in [2.75, 3.05) is 76.2 Å². The molecule has 17 nitrogen and oxygen atoms in total. The second kappa shape index (κ2) is 30.1. The van der Waals surface area contributed by atoms with Crippen LogP contribution < -0.4 is 26.0 Å². The van der Waals surface area contributed by atoms with Crippen molar-refractivity contribution in [3.63, 3.8) is 0 Å². The van der Waals surface area contributed by atoms with Crippen LogP contribution in [-0.2, 0) is 43.4 Å². The highest BCUT2D eigenvalue weighted by atomic mass is 79.9. The van der Waals surface area contributed by atoms with Gasteiger partial charge < -0.3 is 54.2 Å². The first kappa shape index (κ1) is 68.4. The zero-order valence-corrected chi connectivity index (χ0v) is 49.4. The molecule has 4 aromatic carbocycles. The lowest BCUT2D eigenvalue weighted by atomic mass is 9.93. The second-order valence-corrected chi connectivity index (χ2v) is 21.4. The van der Waals surface area contributed by atoms with Crippen LogP contribution in [0.4, 0.5) is 37.7 Å². The van der Waals surface area contributed by atoms with E-state index in [0.717, 1.165) is 30.4 Å². The lowest BCUT2D eigenvalue weighted by Crippen LogP contribution is -2.44. The number of fused-ring (bicyclic) bond motifs is 1. The van der Waals surface area contributed by atoms with E-state index in [4.69, 9.17) is 19.3 Å². The van der Waals surface area contributed by atoms with Crippen molar-refractivity contribution in [1.82, 2.24) is 20.2 Å². The van der Waals surface area contributed by atoms with Gasteiger partial charge in [-0.25, -0.2) is 27.6 Å². The van der Waals surface area contributed by atoms with Gasteiger partial charge >= 0.3 is 24.1 Å². The third-order valence-corrected chi connectivity index (χ3v) is 14.7. The van der Waals surface area contributed by atoms with Crippen LogP contribution in [0.25, 0.3) is 22.0 Å². The van der Waals surface area contributed by atoms with Gasteiger partial charge in [-0.2, -0.15) is 13.2 Å². The summed E-state index contributed by atoms with van der Waals surface area (Å²) in [6.07, 6.45) is -3.78. The number of carboxylic acids is 2. The molecular formula is C61H71BrF6N6O11. The Balaban J connectivity index is 0.000000272. The summed E-state index contributed by atoms with van der Waals surface area (Å²) in [6.45, 7) is 18.4. The Morgan fingerprint density at radius 3 is 1.81 bits per heavy atom. The molecule has 1 amide bonds. The third-order valence-electron chi connectivity index (χ3n) is 14.3. The summed E-state index contributed by atoms with van der Waals surface area (Å²) >= 11 is 3.13. The van der Waals surface area contributed by atoms with E-state index < -0.39 is 70.2 Å². The number of hydrogen-bond acceptors (Lipinski definition) is 13. The first-order valence-corrected chi connectivity index (χ1v) is 27.5. The van der Waals surface area contributed by atoms with Crippen molar-refractivity contribution in [2.45, 2.75) is 92.7 Å². The summed E-state index contributed by atoms with van der Waals surface area (Å²) in [5.41, 5.74) is -0.0874. The van der Waals surface area contributed by atoms with Crippen LogP contribution in [-0.4, -0.2) is 134 Å². The summed E-state index contributed by atoms with van der Waals surface area (Å²) in [4.78, 5) is 69.0. The van der Waals surface area contributed by atoms with Crippen LogP contribution in [0.3, 0.4) is 0 Å². The number of anilines is 2. The largest absolute Gasteiger partial charge is 0.480 e. The van der Waals surface area contributed by atoms with Gasteiger partial charge in [-0.15, -0.1) is 0 Å². The van der Waals surface area contributed by atoms with Crippen LogP contribution in [0.1, 0.15) is 92.8 Å². The molecule has 0 aliphatic carbocycles. The van der Waals surface area contributed by atoms with E-state index in [1.807, 2.05) is 23.6 Å². The molecule has 24 heteroatoms. The fourth-order valence-electron chi connectivity index (χ4n) is 9.89. The smallest absolute Gasteiger partial charge is 0.417 e. The maximum absolute atomic E-state index is 15.4. The van der Waals surface area contributed by atoms with Crippen molar-refractivity contribution in [3.8, 4) is 11.1 Å². The minimum atomic E-state index is -4.84. The van der Waals surface area contributed by atoms with Crippen molar-refractivity contribution in [2.24, 2.45) is 7.05 Å². The number of pyridine rings is 2. The standard InChI is InChI=1S/C33H32F4N4O5.C13H16FNO3.C9H8BrFO2.C5H11NO.CH4/c1-17-12-21(41-10-11-46-16-19(41)3)15-25(34)27(17)30(42)39-26(32(44)45)14-20-7-8-23(29-22(20)6-5-9-38-29)28-24(33(35,36)37)13-18(2)40(4)31(28)43;1-8-5-10(6-11(14)12(8)13(16)17)15-3-4-18-7-9(15)2;1-5-3-6(10)4-7(11)8(5)9(12)13-2;1-5-4-7-3-2-6-5;/h5-9,12-13,15,19,26H,10-11,14,16H2,1-4H3,(H,39,42)(H,44,45);5-6,9H,3-4,7H2,1-2H3,(H,16,17);3-4H,1-2H3;5-6H,2-4H2,1H3;1H4/t19-,26-;9-;;5-;/m00.0./s1. The predicted octanol–water partition coefficient (Wildman–Crippen LogP) is 10.4. The number of ether oxygens (including phenoxy) is 4. The number of morpholine rings is 3. The number of carboxylic acid groups (broad SMARTS) is 2. The number of benzene rings is 4. The van der Waals surface area contributed by atoms with Crippen LogP contribution in [0.5, 0.6) is 0 Å². The molecule has 5 heterocycles. The van der Waals surface area contributed by atoms with Gasteiger partial charge in [-0.1, -0.05) is 41.6 Å². The van der Waals surface area contributed by atoms with Gasteiger partial charge in [-0.3, -0.25) is 14.6 Å². The molecule has 0 bridgehead atoms. The molecule has 0 radical (unpaired) electrons. The highest BCUT2D eigenvalue weighted by Gasteiger charge is 2.37. The number of hydrogen-bond donors (Lipinski definition) is 4. The van der Waals surface area contributed by atoms with E-state index in [9.17, 15) is 51.0 Å². The normalized spacial score (nSPS) is 17.1. The molecule has 3 fully saturated rings. The first-order valence-electron chi connectivity index (χ1n) is 26.7. The van der Waals surface area contributed by atoms with Crippen LogP contribution in [0.15, 0.2) is 82.2 Å². The van der Waals surface area contributed by atoms with E-state index in [1.165, 1.54) is 63.7 Å². The molecule has 4 atom stereocenters. The van der Waals surface area contributed by atoms with Gasteiger partial charge in [0.15, 0.2) is 0 Å². The zero-order valence-electron chi connectivity index (χ0n) is 47.8. The maximum Gasteiger partial charge on any atom is 0.417 e. The number of carbonyl (C=O) groups is 4. The molecule has 0 saturated carbocycles. The summed E-state index contributed by atoms with van der Waals surface area (Å²) < 4.78 is 107.